The molecule has 0 saturated heterocycles. The molecule has 0 aromatic carbocycles. The Hall–Kier alpha value is -1.63. The highest BCUT2D eigenvalue weighted by Crippen LogP contribution is 2.38. The van der Waals surface area contributed by atoms with Crippen LogP contribution in [0, 0.1) is 16.0 Å². The topological polar surface area (TPSA) is 120 Å². The Labute approximate surface area is 80.0 Å². The molecule has 1 aliphatic heterocycles. The van der Waals surface area contributed by atoms with Crippen LogP contribution < -0.4 is 16.8 Å². The van der Waals surface area contributed by atoms with Gasteiger partial charge in [-0.25, -0.2) is 4.99 Å². The zero-order chi connectivity index (χ0) is 10.3. The van der Waals surface area contributed by atoms with Crippen LogP contribution in [0.25, 0.3) is 0 Å². The zero-order valence-corrected chi connectivity index (χ0v) is 7.43. The Balaban J connectivity index is 2.23. The lowest BCUT2D eigenvalue weighted by Gasteiger charge is -2.28. The van der Waals surface area contributed by atoms with Crippen molar-refractivity contribution in [1.82, 2.24) is 5.32 Å². The van der Waals surface area contributed by atoms with Gasteiger partial charge in [0, 0.05) is 5.92 Å². The number of hydrogen-bond acceptors (Lipinski definition) is 6. The fraction of sp³-hybridized carbons (Fsp3) is 0.571. The third kappa shape index (κ3) is 1.31. The molecular formula is C7H11N5O2. The maximum atomic E-state index is 10.5. The molecule has 76 valence electrons. The molecule has 0 bridgehead atoms. The Bertz CT molecular complexity index is 346. The third-order valence-electron chi connectivity index (χ3n) is 2.40. The summed E-state index contributed by atoms with van der Waals surface area (Å²) in [6, 6.07) is 0. The van der Waals surface area contributed by atoms with E-state index in [9.17, 15) is 10.1 Å². The standard InChI is InChI=1S/C7H11N5O2/c8-6-5(12(13)14)3-10-7(9,11-6)4-1-2-4/h3-4,10H,1-2,9H2,(H2,8,11). The van der Waals surface area contributed by atoms with E-state index in [0.29, 0.717) is 0 Å². The van der Waals surface area contributed by atoms with Crippen molar-refractivity contribution < 1.29 is 4.92 Å². The van der Waals surface area contributed by atoms with Crippen molar-refractivity contribution in [3.8, 4) is 0 Å². The summed E-state index contributed by atoms with van der Waals surface area (Å²) in [5, 5.41) is 13.2. The van der Waals surface area contributed by atoms with Gasteiger partial charge in [-0.05, 0) is 12.8 Å². The molecule has 0 aromatic heterocycles. The van der Waals surface area contributed by atoms with Crippen molar-refractivity contribution in [2.75, 3.05) is 0 Å². The van der Waals surface area contributed by atoms with Crippen molar-refractivity contribution in [2.45, 2.75) is 18.6 Å². The summed E-state index contributed by atoms with van der Waals surface area (Å²) >= 11 is 0. The molecule has 2 aliphatic rings. The van der Waals surface area contributed by atoms with E-state index in [0.717, 1.165) is 12.8 Å². The van der Waals surface area contributed by atoms with Crippen LogP contribution in [-0.2, 0) is 0 Å². The van der Waals surface area contributed by atoms with Gasteiger partial charge in [-0.15, -0.1) is 0 Å². The van der Waals surface area contributed by atoms with Crippen LogP contribution in [0.5, 0.6) is 0 Å². The molecule has 5 N–H and O–H groups in total. The van der Waals surface area contributed by atoms with Crippen molar-refractivity contribution >= 4 is 5.84 Å². The molecule has 0 radical (unpaired) electrons. The number of hydrogen-bond donors (Lipinski definition) is 3. The maximum Gasteiger partial charge on any atom is 0.326 e. The van der Waals surface area contributed by atoms with Gasteiger partial charge in [-0.2, -0.15) is 0 Å². The monoisotopic (exact) mass is 197 g/mol. The van der Waals surface area contributed by atoms with E-state index >= 15 is 0 Å². The van der Waals surface area contributed by atoms with Crippen LogP contribution >= 0.6 is 0 Å². The second-order valence-corrected chi connectivity index (χ2v) is 3.53. The molecular weight excluding hydrogens is 186 g/mol. The minimum absolute atomic E-state index is 0.108. The molecule has 1 heterocycles. The Kier molecular flexibility index (Phi) is 1.71. The first-order valence-corrected chi connectivity index (χ1v) is 4.30. The lowest BCUT2D eigenvalue weighted by molar-refractivity contribution is -0.416. The number of nitrogens with zero attached hydrogens (tertiary/aromatic N) is 2. The minimum Gasteiger partial charge on any atom is -0.378 e. The van der Waals surface area contributed by atoms with Crippen molar-refractivity contribution in [1.29, 1.82) is 0 Å². The number of nitrogens with two attached hydrogens (primary N) is 2. The largest absolute Gasteiger partial charge is 0.378 e. The van der Waals surface area contributed by atoms with Gasteiger partial charge in [0.25, 0.3) is 0 Å². The number of nitrogens with one attached hydrogen (secondary N) is 1. The summed E-state index contributed by atoms with van der Waals surface area (Å²) in [5.41, 5.74) is 11.1. The highest BCUT2D eigenvalue weighted by Gasteiger charge is 2.45. The normalized spacial score (nSPS) is 31.5. The van der Waals surface area contributed by atoms with E-state index in [-0.39, 0.29) is 17.5 Å². The first-order chi connectivity index (χ1) is 6.53. The van der Waals surface area contributed by atoms with Gasteiger partial charge in [0.2, 0.25) is 5.84 Å². The van der Waals surface area contributed by atoms with Crippen molar-refractivity contribution in [2.24, 2.45) is 22.4 Å². The van der Waals surface area contributed by atoms with Crippen LogP contribution in [-0.4, -0.2) is 16.5 Å². The SMILES string of the molecule is NC1=NC(N)(C2CC2)NC=C1[N+](=O)[O-]. The number of nitro groups is 1. The van der Waals surface area contributed by atoms with E-state index < -0.39 is 10.7 Å². The maximum absolute atomic E-state index is 10.5. The summed E-state index contributed by atoms with van der Waals surface area (Å²) in [6.07, 6.45) is 3.17. The summed E-state index contributed by atoms with van der Waals surface area (Å²) in [7, 11) is 0. The molecule has 1 saturated carbocycles. The molecule has 1 atom stereocenters. The van der Waals surface area contributed by atoms with Gasteiger partial charge in [-0.1, -0.05) is 0 Å². The Morgan fingerprint density at radius 3 is 2.79 bits per heavy atom. The lowest BCUT2D eigenvalue weighted by atomic mass is 10.2. The summed E-state index contributed by atoms with van der Waals surface area (Å²) in [5.74, 6) is -0.822. The molecule has 1 unspecified atom stereocenters. The number of aliphatic imine (C=N–C) groups is 1. The molecule has 14 heavy (non-hydrogen) atoms. The quantitative estimate of drug-likeness (QED) is 0.391. The number of amidine groups is 1. The van der Waals surface area contributed by atoms with Gasteiger partial charge in [-0.3, -0.25) is 15.8 Å². The predicted octanol–water partition coefficient (Wildman–Crippen LogP) is -0.913. The Morgan fingerprint density at radius 1 is 1.71 bits per heavy atom. The molecule has 7 nitrogen and oxygen atoms in total. The zero-order valence-electron chi connectivity index (χ0n) is 7.43. The third-order valence-corrected chi connectivity index (χ3v) is 2.40. The van der Waals surface area contributed by atoms with Gasteiger partial charge in [0.05, 0.1) is 11.1 Å². The first kappa shape index (κ1) is 8.95. The van der Waals surface area contributed by atoms with Gasteiger partial charge in [0.15, 0.2) is 5.79 Å². The van der Waals surface area contributed by atoms with Gasteiger partial charge < -0.3 is 11.1 Å². The average Bonchev–Trinajstić information content (AvgIpc) is 2.84. The van der Waals surface area contributed by atoms with E-state index in [1.54, 1.807) is 0 Å². The van der Waals surface area contributed by atoms with Crippen LogP contribution in [0.2, 0.25) is 0 Å². The molecule has 1 fully saturated rings. The van der Waals surface area contributed by atoms with E-state index in [1.165, 1.54) is 6.20 Å². The predicted molar refractivity (Wildman–Crippen MR) is 49.5 cm³/mol. The van der Waals surface area contributed by atoms with Crippen LogP contribution in [0.3, 0.4) is 0 Å². The van der Waals surface area contributed by atoms with Crippen molar-refractivity contribution in [3.05, 3.63) is 22.0 Å². The molecule has 0 spiro atoms. The Morgan fingerprint density at radius 2 is 2.36 bits per heavy atom. The second kappa shape index (κ2) is 2.68. The van der Waals surface area contributed by atoms with E-state index in [2.05, 4.69) is 10.3 Å². The number of rotatable bonds is 2. The molecule has 7 heteroatoms. The smallest absolute Gasteiger partial charge is 0.326 e. The van der Waals surface area contributed by atoms with Crippen LogP contribution in [0.15, 0.2) is 16.9 Å². The molecule has 2 rings (SSSR count). The second-order valence-electron chi connectivity index (χ2n) is 3.53. The fourth-order valence-electron chi connectivity index (χ4n) is 1.43. The molecule has 0 aromatic rings. The van der Waals surface area contributed by atoms with Crippen LogP contribution in [0.1, 0.15) is 12.8 Å². The first-order valence-electron chi connectivity index (χ1n) is 4.30. The molecule has 0 amide bonds. The van der Waals surface area contributed by atoms with E-state index in [1.807, 2.05) is 0 Å². The van der Waals surface area contributed by atoms with Gasteiger partial charge in [0.1, 0.15) is 0 Å². The van der Waals surface area contributed by atoms with Gasteiger partial charge >= 0.3 is 5.70 Å². The highest BCUT2D eigenvalue weighted by molar-refractivity contribution is 5.95. The summed E-state index contributed by atoms with van der Waals surface area (Å²) in [6.45, 7) is 0. The highest BCUT2D eigenvalue weighted by atomic mass is 16.6. The molecule has 1 aliphatic carbocycles. The summed E-state index contributed by atoms with van der Waals surface area (Å²) in [4.78, 5) is 13.8. The van der Waals surface area contributed by atoms with E-state index in [4.69, 9.17) is 11.5 Å². The average molecular weight is 197 g/mol. The summed E-state index contributed by atoms with van der Waals surface area (Å²) < 4.78 is 0. The van der Waals surface area contributed by atoms with Crippen molar-refractivity contribution in [3.63, 3.8) is 0 Å². The fourth-order valence-corrected chi connectivity index (χ4v) is 1.43. The lowest BCUT2D eigenvalue weighted by Crippen LogP contribution is -2.55. The minimum atomic E-state index is -0.941. The van der Waals surface area contributed by atoms with Crippen LogP contribution in [0.4, 0.5) is 0 Å².